The van der Waals surface area contributed by atoms with Crippen molar-refractivity contribution in [2.24, 2.45) is 5.92 Å². The van der Waals surface area contributed by atoms with Crippen molar-refractivity contribution in [3.05, 3.63) is 53.6 Å². The van der Waals surface area contributed by atoms with E-state index in [9.17, 15) is 13.2 Å². The number of carbonyl (C=O) groups is 1. The Kier molecular flexibility index (Phi) is 12.1. The van der Waals surface area contributed by atoms with Gasteiger partial charge in [-0.2, -0.15) is 4.31 Å². The third-order valence-electron chi connectivity index (χ3n) is 7.25. The fraction of sp³-hybridized carbons (Fsp3) is 0.581. The molecule has 3 aromatic rings. The molecule has 1 atom stereocenters. The number of aryl methyl sites for hydroxylation is 1. The third kappa shape index (κ3) is 9.13. The fourth-order valence-electron chi connectivity index (χ4n) is 4.93. The maximum Gasteiger partial charge on any atom is 0.305 e. The minimum absolute atomic E-state index is 0.0556. The Bertz CT molecular complexity index is 1320. The molecule has 0 unspecified atom stereocenters. The Morgan fingerprint density at radius 2 is 1.70 bits per heavy atom. The average molecular weight is 571 g/mol. The molecule has 0 aliphatic rings. The number of esters is 1. The van der Waals surface area contributed by atoms with Crippen LogP contribution in [0.25, 0.3) is 11.0 Å². The molecule has 0 spiro atoms. The summed E-state index contributed by atoms with van der Waals surface area (Å²) in [7, 11) is -2.20. The maximum absolute atomic E-state index is 13.5. The summed E-state index contributed by atoms with van der Waals surface area (Å²) >= 11 is 0. The van der Waals surface area contributed by atoms with E-state index in [0.717, 1.165) is 47.4 Å². The van der Waals surface area contributed by atoms with Gasteiger partial charge >= 0.3 is 5.97 Å². The summed E-state index contributed by atoms with van der Waals surface area (Å²) in [6, 6.07) is 8.37. The van der Waals surface area contributed by atoms with Crippen molar-refractivity contribution in [3.63, 3.8) is 0 Å². The number of carbonyl (C=O) groups excluding carboxylic acids is 1. The first-order valence-corrected chi connectivity index (χ1v) is 16.1. The molecule has 2 aromatic heterocycles. The van der Waals surface area contributed by atoms with Gasteiger partial charge in [-0.05, 0) is 49.4 Å². The van der Waals surface area contributed by atoms with Crippen molar-refractivity contribution < 1.29 is 17.9 Å². The number of H-pyrrole nitrogens is 1. The average Bonchev–Trinajstić information content (AvgIpc) is 3.31. The lowest BCUT2D eigenvalue weighted by Crippen LogP contribution is -2.41. The first-order valence-electron chi connectivity index (χ1n) is 14.6. The molecule has 0 aliphatic heterocycles. The van der Waals surface area contributed by atoms with E-state index in [1.54, 1.807) is 25.4 Å². The number of unbranched alkanes of at least 4 members (excludes halogenated alkanes) is 6. The van der Waals surface area contributed by atoms with Gasteiger partial charge in [-0.3, -0.25) is 9.78 Å². The number of pyridine rings is 1. The van der Waals surface area contributed by atoms with Crippen molar-refractivity contribution in [2.75, 3.05) is 13.7 Å². The second-order valence-electron chi connectivity index (χ2n) is 11.2. The number of benzene rings is 1. The van der Waals surface area contributed by atoms with Crippen LogP contribution in [-0.2, 0) is 26.0 Å². The lowest BCUT2D eigenvalue weighted by atomic mass is 10.0. The molecule has 9 heteroatoms. The van der Waals surface area contributed by atoms with E-state index in [1.165, 1.54) is 30.0 Å². The largest absolute Gasteiger partial charge is 0.464 e. The minimum atomic E-state index is -3.78. The van der Waals surface area contributed by atoms with Crippen molar-refractivity contribution >= 4 is 27.0 Å². The van der Waals surface area contributed by atoms with Crippen molar-refractivity contribution in [2.45, 2.75) is 103 Å². The first-order chi connectivity index (χ1) is 19.1. The standard InChI is InChI=1S/C31H46N4O4S/c1-6-7-8-9-10-11-12-13-30(36)39-22-26(20-23(2)3)35(5)40(37,38)27-16-14-25(15-17-27)21-29-31-28(18-19-32-29)33-24(4)34-31/h14-19,23,26H,6-13,20-22H2,1-5H3,(H,33,34)/t26-/m0/s1. The van der Waals surface area contributed by atoms with Gasteiger partial charge in [-0.25, -0.2) is 13.4 Å². The van der Waals surface area contributed by atoms with E-state index < -0.39 is 16.1 Å². The predicted molar refractivity (Wildman–Crippen MR) is 160 cm³/mol. The van der Waals surface area contributed by atoms with Crippen LogP contribution in [0.2, 0.25) is 0 Å². The van der Waals surface area contributed by atoms with Gasteiger partial charge in [0.1, 0.15) is 17.9 Å². The van der Waals surface area contributed by atoms with E-state index in [0.29, 0.717) is 19.3 Å². The molecule has 1 aromatic carbocycles. The van der Waals surface area contributed by atoms with E-state index in [2.05, 4.69) is 21.9 Å². The number of hydrogen-bond acceptors (Lipinski definition) is 6. The van der Waals surface area contributed by atoms with Gasteiger partial charge in [0.05, 0.1) is 22.1 Å². The summed E-state index contributed by atoms with van der Waals surface area (Å²) in [4.78, 5) is 24.8. The molecule has 0 bridgehead atoms. The molecule has 40 heavy (non-hydrogen) atoms. The smallest absolute Gasteiger partial charge is 0.305 e. The van der Waals surface area contributed by atoms with Crippen LogP contribution in [0.3, 0.4) is 0 Å². The van der Waals surface area contributed by atoms with Crippen LogP contribution in [0.15, 0.2) is 41.4 Å². The van der Waals surface area contributed by atoms with E-state index in [4.69, 9.17) is 4.74 Å². The summed E-state index contributed by atoms with van der Waals surface area (Å²) in [6.45, 7) is 8.24. The van der Waals surface area contributed by atoms with Gasteiger partial charge in [0.2, 0.25) is 10.0 Å². The Labute approximate surface area is 240 Å². The molecule has 0 saturated heterocycles. The number of aromatic amines is 1. The number of nitrogens with zero attached hydrogens (tertiary/aromatic N) is 3. The zero-order chi connectivity index (χ0) is 29.1. The Balaban J connectivity index is 1.59. The molecule has 1 N–H and O–H groups in total. The van der Waals surface area contributed by atoms with Crippen LogP contribution in [0, 0.1) is 12.8 Å². The number of aromatic nitrogens is 3. The van der Waals surface area contributed by atoms with Gasteiger partial charge in [0.15, 0.2) is 0 Å². The topological polar surface area (TPSA) is 105 Å². The van der Waals surface area contributed by atoms with Crippen LogP contribution in [0.1, 0.15) is 95.6 Å². The Morgan fingerprint density at radius 3 is 2.38 bits per heavy atom. The molecular formula is C31H46N4O4S. The lowest BCUT2D eigenvalue weighted by molar-refractivity contribution is -0.145. The maximum atomic E-state index is 13.5. The van der Waals surface area contributed by atoms with Gasteiger partial charge in [0, 0.05) is 26.1 Å². The van der Waals surface area contributed by atoms with Gasteiger partial charge < -0.3 is 9.72 Å². The van der Waals surface area contributed by atoms with Crippen molar-refractivity contribution in [1.29, 1.82) is 0 Å². The molecule has 0 aliphatic carbocycles. The number of sulfonamides is 1. The number of likely N-dealkylation sites (N-methyl/N-ethyl adjacent to an activating group) is 1. The van der Waals surface area contributed by atoms with Crippen LogP contribution < -0.4 is 0 Å². The number of ether oxygens (including phenoxy) is 1. The highest BCUT2D eigenvalue weighted by molar-refractivity contribution is 7.89. The lowest BCUT2D eigenvalue weighted by Gasteiger charge is -2.28. The number of imidazole rings is 1. The zero-order valence-corrected chi connectivity index (χ0v) is 25.6. The van der Waals surface area contributed by atoms with Crippen LogP contribution >= 0.6 is 0 Å². The third-order valence-corrected chi connectivity index (χ3v) is 9.17. The molecule has 0 amide bonds. The van der Waals surface area contributed by atoms with E-state index in [-0.39, 0.29) is 23.4 Å². The second kappa shape index (κ2) is 15.3. The van der Waals surface area contributed by atoms with Crippen molar-refractivity contribution in [3.8, 4) is 0 Å². The van der Waals surface area contributed by atoms with Crippen LogP contribution in [-0.4, -0.2) is 53.3 Å². The molecular weight excluding hydrogens is 524 g/mol. The molecule has 2 heterocycles. The summed E-state index contributed by atoms with van der Waals surface area (Å²) in [5.74, 6) is 0.814. The molecule has 3 rings (SSSR count). The molecule has 220 valence electrons. The quantitative estimate of drug-likeness (QED) is 0.145. The highest BCUT2D eigenvalue weighted by Gasteiger charge is 2.29. The van der Waals surface area contributed by atoms with Gasteiger partial charge in [-0.15, -0.1) is 0 Å². The summed E-state index contributed by atoms with van der Waals surface area (Å²) in [6.07, 6.45) is 11.2. The second-order valence-corrected chi connectivity index (χ2v) is 13.2. The zero-order valence-electron chi connectivity index (χ0n) is 24.8. The van der Waals surface area contributed by atoms with Crippen molar-refractivity contribution in [1.82, 2.24) is 19.3 Å². The Morgan fingerprint density at radius 1 is 1.02 bits per heavy atom. The molecule has 8 nitrogen and oxygen atoms in total. The number of nitrogens with one attached hydrogen (secondary N) is 1. The van der Waals surface area contributed by atoms with Gasteiger partial charge in [0.25, 0.3) is 0 Å². The normalized spacial score (nSPS) is 12.9. The predicted octanol–water partition coefficient (Wildman–Crippen LogP) is 6.58. The number of rotatable bonds is 17. The molecule has 0 saturated carbocycles. The number of fused-ring (bicyclic) bond motifs is 1. The highest BCUT2D eigenvalue weighted by Crippen LogP contribution is 2.23. The molecule has 0 fully saturated rings. The SMILES string of the molecule is CCCCCCCCCC(=O)OC[C@H](CC(C)C)N(C)S(=O)(=O)c1ccc(Cc2nccc3[nH]c(C)nc23)cc1. The summed E-state index contributed by atoms with van der Waals surface area (Å²) < 4.78 is 34.0. The van der Waals surface area contributed by atoms with E-state index in [1.807, 2.05) is 39.0 Å². The summed E-state index contributed by atoms with van der Waals surface area (Å²) in [5.41, 5.74) is 3.54. The van der Waals surface area contributed by atoms with Crippen LogP contribution in [0.5, 0.6) is 0 Å². The van der Waals surface area contributed by atoms with Crippen LogP contribution in [0.4, 0.5) is 0 Å². The van der Waals surface area contributed by atoms with Gasteiger partial charge in [-0.1, -0.05) is 71.4 Å². The highest BCUT2D eigenvalue weighted by atomic mass is 32.2. The van der Waals surface area contributed by atoms with E-state index >= 15 is 0 Å². The first kappa shape index (κ1) is 31.7. The monoisotopic (exact) mass is 570 g/mol. The summed E-state index contributed by atoms with van der Waals surface area (Å²) in [5, 5.41) is 0. The Hall–Kier alpha value is -2.78. The minimum Gasteiger partial charge on any atom is -0.464 e. The number of hydrogen-bond donors (Lipinski definition) is 1. The molecule has 0 radical (unpaired) electrons. The fourth-order valence-corrected chi connectivity index (χ4v) is 6.28.